The number of ether oxygens (including phenoxy) is 1. The van der Waals surface area contributed by atoms with Gasteiger partial charge in [0.25, 0.3) is 0 Å². The average molecular weight is 263 g/mol. The van der Waals surface area contributed by atoms with E-state index in [4.69, 9.17) is 10.5 Å². The van der Waals surface area contributed by atoms with Crippen molar-refractivity contribution in [3.63, 3.8) is 0 Å². The van der Waals surface area contributed by atoms with E-state index in [1.165, 1.54) is 13.2 Å². The SMILES string of the molecule is COc1ccc(Cn2cnc(CC(C)N)c2)c(F)c1. The first kappa shape index (κ1) is 13.5. The molecule has 0 spiro atoms. The second-order valence-corrected chi connectivity index (χ2v) is 4.68. The van der Waals surface area contributed by atoms with E-state index in [-0.39, 0.29) is 11.9 Å². The maximum atomic E-state index is 13.8. The molecule has 0 saturated heterocycles. The van der Waals surface area contributed by atoms with Gasteiger partial charge in [-0.05, 0) is 13.0 Å². The fourth-order valence-corrected chi connectivity index (χ4v) is 1.91. The third-order valence-electron chi connectivity index (χ3n) is 2.83. The highest BCUT2D eigenvalue weighted by atomic mass is 19.1. The van der Waals surface area contributed by atoms with Crippen molar-refractivity contribution in [3.8, 4) is 5.75 Å². The predicted octanol–water partition coefficient (Wildman–Crippen LogP) is 1.97. The van der Waals surface area contributed by atoms with Crippen molar-refractivity contribution in [2.45, 2.75) is 25.9 Å². The van der Waals surface area contributed by atoms with Gasteiger partial charge in [0, 0.05) is 30.3 Å². The number of methoxy groups -OCH3 is 1. The maximum Gasteiger partial charge on any atom is 0.131 e. The summed E-state index contributed by atoms with van der Waals surface area (Å²) < 4.78 is 20.6. The maximum absolute atomic E-state index is 13.8. The Morgan fingerprint density at radius 3 is 2.89 bits per heavy atom. The topological polar surface area (TPSA) is 53.1 Å². The van der Waals surface area contributed by atoms with E-state index in [0.29, 0.717) is 17.9 Å². The van der Waals surface area contributed by atoms with Crippen LogP contribution in [-0.2, 0) is 13.0 Å². The van der Waals surface area contributed by atoms with Crippen molar-refractivity contribution >= 4 is 0 Å². The number of benzene rings is 1. The zero-order valence-electron chi connectivity index (χ0n) is 11.1. The summed E-state index contributed by atoms with van der Waals surface area (Å²) in [6.07, 6.45) is 4.31. The van der Waals surface area contributed by atoms with E-state index in [9.17, 15) is 4.39 Å². The summed E-state index contributed by atoms with van der Waals surface area (Å²) in [6.45, 7) is 2.38. The number of halogens is 1. The summed E-state index contributed by atoms with van der Waals surface area (Å²) in [5, 5.41) is 0. The van der Waals surface area contributed by atoms with Crippen LogP contribution in [0.1, 0.15) is 18.2 Å². The summed E-state index contributed by atoms with van der Waals surface area (Å²) in [5.41, 5.74) is 7.24. The molecule has 0 bridgehead atoms. The molecule has 2 N–H and O–H groups in total. The molecular formula is C14H18FN3O. The molecular weight excluding hydrogens is 245 g/mol. The predicted molar refractivity (Wildman–Crippen MR) is 71.6 cm³/mol. The highest BCUT2D eigenvalue weighted by molar-refractivity contribution is 5.29. The van der Waals surface area contributed by atoms with Crippen molar-refractivity contribution in [1.82, 2.24) is 9.55 Å². The van der Waals surface area contributed by atoms with E-state index in [2.05, 4.69) is 4.98 Å². The molecule has 1 unspecified atom stereocenters. The second kappa shape index (κ2) is 5.84. The molecule has 19 heavy (non-hydrogen) atoms. The van der Waals surface area contributed by atoms with Crippen LogP contribution in [0, 0.1) is 5.82 Å². The first-order valence-electron chi connectivity index (χ1n) is 6.17. The number of aromatic nitrogens is 2. The van der Waals surface area contributed by atoms with E-state index >= 15 is 0 Å². The van der Waals surface area contributed by atoms with Crippen molar-refractivity contribution in [2.75, 3.05) is 7.11 Å². The Morgan fingerprint density at radius 2 is 2.26 bits per heavy atom. The summed E-state index contributed by atoms with van der Waals surface area (Å²) in [6, 6.07) is 4.92. The molecule has 5 heteroatoms. The molecule has 0 aliphatic heterocycles. The molecule has 1 heterocycles. The van der Waals surface area contributed by atoms with Crippen molar-refractivity contribution < 1.29 is 9.13 Å². The third-order valence-corrected chi connectivity index (χ3v) is 2.83. The van der Waals surface area contributed by atoms with Gasteiger partial charge >= 0.3 is 0 Å². The number of rotatable bonds is 5. The van der Waals surface area contributed by atoms with Crippen LogP contribution in [0.2, 0.25) is 0 Å². The van der Waals surface area contributed by atoms with Gasteiger partial charge in [-0.1, -0.05) is 6.07 Å². The zero-order chi connectivity index (χ0) is 13.8. The normalized spacial score (nSPS) is 12.4. The molecule has 0 amide bonds. The Labute approximate surface area is 112 Å². The largest absolute Gasteiger partial charge is 0.497 e. The minimum Gasteiger partial charge on any atom is -0.497 e. The van der Waals surface area contributed by atoms with Crippen molar-refractivity contribution in [2.24, 2.45) is 5.73 Å². The molecule has 0 fully saturated rings. The lowest BCUT2D eigenvalue weighted by molar-refractivity contribution is 0.410. The zero-order valence-corrected chi connectivity index (χ0v) is 11.1. The summed E-state index contributed by atoms with van der Waals surface area (Å²) in [7, 11) is 1.52. The Morgan fingerprint density at radius 1 is 1.47 bits per heavy atom. The number of imidazole rings is 1. The molecule has 2 rings (SSSR count). The van der Waals surface area contributed by atoms with Gasteiger partial charge in [-0.2, -0.15) is 0 Å². The van der Waals surface area contributed by atoms with E-state index < -0.39 is 0 Å². The van der Waals surface area contributed by atoms with Crippen LogP contribution >= 0.6 is 0 Å². The molecule has 0 radical (unpaired) electrons. The first-order chi connectivity index (χ1) is 9.08. The molecule has 2 aromatic rings. The van der Waals surface area contributed by atoms with Gasteiger partial charge < -0.3 is 15.0 Å². The molecule has 4 nitrogen and oxygen atoms in total. The van der Waals surface area contributed by atoms with Gasteiger partial charge in [0.15, 0.2) is 0 Å². The minimum atomic E-state index is -0.276. The quantitative estimate of drug-likeness (QED) is 0.897. The Hall–Kier alpha value is -1.88. The smallest absolute Gasteiger partial charge is 0.131 e. The molecule has 1 aromatic carbocycles. The second-order valence-electron chi connectivity index (χ2n) is 4.68. The van der Waals surface area contributed by atoms with Crippen LogP contribution in [0.25, 0.3) is 0 Å². The van der Waals surface area contributed by atoms with Gasteiger partial charge in [0.05, 0.1) is 25.7 Å². The van der Waals surface area contributed by atoms with Gasteiger partial charge in [-0.3, -0.25) is 0 Å². The summed E-state index contributed by atoms with van der Waals surface area (Å²) in [4.78, 5) is 4.25. The number of nitrogens with zero attached hydrogens (tertiary/aromatic N) is 2. The van der Waals surface area contributed by atoms with Crippen LogP contribution < -0.4 is 10.5 Å². The molecule has 0 aliphatic rings. The lowest BCUT2D eigenvalue weighted by atomic mass is 10.2. The fraction of sp³-hybridized carbons (Fsp3) is 0.357. The Bertz CT molecular complexity index is 551. The van der Waals surface area contributed by atoms with Crippen LogP contribution in [0.5, 0.6) is 5.75 Å². The average Bonchev–Trinajstić information content (AvgIpc) is 2.78. The van der Waals surface area contributed by atoms with Gasteiger partial charge in [0.1, 0.15) is 11.6 Å². The number of nitrogens with two attached hydrogens (primary N) is 1. The lowest BCUT2D eigenvalue weighted by Gasteiger charge is -2.06. The Kier molecular flexibility index (Phi) is 4.16. The van der Waals surface area contributed by atoms with Crippen LogP contribution in [0.4, 0.5) is 4.39 Å². The highest BCUT2D eigenvalue weighted by Gasteiger charge is 2.07. The van der Waals surface area contributed by atoms with Gasteiger partial charge in [0.2, 0.25) is 0 Å². The monoisotopic (exact) mass is 263 g/mol. The molecule has 1 atom stereocenters. The van der Waals surface area contributed by atoms with E-state index in [1.807, 2.05) is 17.7 Å². The number of hydrogen-bond donors (Lipinski definition) is 1. The van der Waals surface area contributed by atoms with Crippen LogP contribution in [0.15, 0.2) is 30.7 Å². The molecule has 1 aromatic heterocycles. The van der Waals surface area contributed by atoms with Crippen molar-refractivity contribution in [3.05, 3.63) is 47.8 Å². The van der Waals surface area contributed by atoms with E-state index in [1.54, 1.807) is 18.5 Å². The fourth-order valence-electron chi connectivity index (χ4n) is 1.91. The Balaban J connectivity index is 2.10. The van der Waals surface area contributed by atoms with E-state index in [0.717, 1.165) is 12.1 Å². The van der Waals surface area contributed by atoms with Crippen LogP contribution in [-0.4, -0.2) is 22.7 Å². The third kappa shape index (κ3) is 3.54. The van der Waals surface area contributed by atoms with Gasteiger partial charge in [-0.25, -0.2) is 9.37 Å². The van der Waals surface area contributed by atoms with Gasteiger partial charge in [-0.15, -0.1) is 0 Å². The molecule has 0 saturated carbocycles. The lowest BCUT2D eigenvalue weighted by Crippen LogP contribution is -2.17. The molecule has 0 aliphatic carbocycles. The standard InChI is InChI=1S/C14H18FN3O/c1-10(16)5-12-8-18(9-17-12)7-11-3-4-13(19-2)6-14(11)15/h3-4,6,8-10H,5,7,16H2,1-2H3. The van der Waals surface area contributed by atoms with Crippen molar-refractivity contribution in [1.29, 1.82) is 0 Å². The summed E-state index contributed by atoms with van der Waals surface area (Å²) in [5.74, 6) is 0.242. The molecule has 102 valence electrons. The highest BCUT2D eigenvalue weighted by Crippen LogP contribution is 2.17. The summed E-state index contributed by atoms with van der Waals surface area (Å²) >= 11 is 0. The number of hydrogen-bond acceptors (Lipinski definition) is 3. The minimum absolute atomic E-state index is 0.0704. The van der Waals surface area contributed by atoms with Crippen LogP contribution in [0.3, 0.4) is 0 Å². The first-order valence-corrected chi connectivity index (χ1v) is 6.17.